The summed E-state index contributed by atoms with van der Waals surface area (Å²) >= 11 is 0. The van der Waals surface area contributed by atoms with Gasteiger partial charge in [-0.05, 0) is 41.5 Å². The van der Waals surface area contributed by atoms with E-state index in [4.69, 9.17) is 5.73 Å². The normalized spacial score (nSPS) is 11.7. The van der Waals surface area contributed by atoms with E-state index in [1.165, 1.54) is 10.2 Å². The summed E-state index contributed by atoms with van der Waals surface area (Å²) in [4.78, 5) is 14.5. The van der Waals surface area contributed by atoms with Crippen LogP contribution in [0.5, 0.6) is 0 Å². The highest BCUT2D eigenvalue weighted by atomic mass is 16.6. The van der Waals surface area contributed by atoms with E-state index in [0.29, 0.717) is 18.2 Å². The fourth-order valence-corrected chi connectivity index (χ4v) is 2.61. The van der Waals surface area contributed by atoms with Crippen molar-refractivity contribution in [2.75, 3.05) is 19.8 Å². The van der Waals surface area contributed by atoms with Crippen LogP contribution < -0.4 is 11.2 Å². The molecule has 1 amide bonds. The van der Waals surface area contributed by atoms with Gasteiger partial charge in [0.05, 0.1) is 11.9 Å². The molecule has 0 unspecified atom stereocenters. The molecule has 0 aliphatic carbocycles. The zero-order valence-corrected chi connectivity index (χ0v) is 16.7. The largest absolute Gasteiger partial charge is 0.378 e. The molecule has 0 spiro atoms. The van der Waals surface area contributed by atoms with E-state index in [0.717, 1.165) is 5.56 Å². The van der Waals surface area contributed by atoms with Crippen LogP contribution in [-0.4, -0.2) is 56.4 Å². The fourth-order valence-electron chi connectivity index (χ4n) is 2.61. The van der Waals surface area contributed by atoms with Crippen LogP contribution in [0.25, 0.3) is 5.82 Å². The Morgan fingerprint density at radius 1 is 1.31 bits per heavy atom. The average Bonchev–Trinajstić information content (AvgIpc) is 3.27. The van der Waals surface area contributed by atoms with E-state index in [-0.39, 0.29) is 17.3 Å². The van der Waals surface area contributed by atoms with Gasteiger partial charge < -0.3 is 10.6 Å². The van der Waals surface area contributed by atoms with E-state index in [2.05, 4.69) is 49.6 Å². The van der Waals surface area contributed by atoms with Gasteiger partial charge in [-0.15, -0.1) is 5.10 Å². The van der Waals surface area contributed by atoms with Crippen LogP contribution in [0.15, 0.2) is 34.0 Å². The first-order valence-electron chi connectivity index (χ1n) is 8.98. The second-order valence-electron chi connectivity index (χ2n) is 7.03. The zero-order valence-electron chi connectivity index (χ0n) is 16.7. The molecule has 1 aromatic carbocycles. The minimum atomic E-state index is -0.502. The lowest BCUT2D eigenvalue weighted by atomic mass is 10.0. The quantitative estimate of drug-likeness (QED) is 0.447. The van der Waals surface area contributed by atoms with Gasteiger partial charge in [-0.2, -0.15) is 9.78 Å². The smallest absolute Gasteiger partial charge is 0.293 e. The first-order chi connectivity index (χ1) is 13.9. The van der Waals surface area contributed by atoms with Crippen LogP contribution in [0.1, 0.15) is 47.1 Å². The predicted molar refractivity (Wildman–Crippen MR) is 107 cm³/mol. The summed E-state index contributed by atoms with van der Waals surface area (Å²) in [7, 11) is 3.70. The van der Waals surface area contributed by atoms with Crippen molar-refractivity contribution in [2.45, 2.75) is 26.3 Å². The topological polar surface area (TPSA) is 140 Å². The van der Waals surface area contributed by atoms with Crippen molar-refractivity contribution in [2.24, 2.45) is 5.10 Å². The Labute approximate surface area is 167 Å². The van der Waals surface area contributed by atoms with Gasteiger partial charge in [-0.25, -0.2) is 10.1 Å². The first-order valence-corrected chi connectivity index (χ1v) is 8.98. The molecule has 11 heteroatoms. The van der Waals surface area contributed by atoms with Gasteiger partial charge in [0.25, 0.3) is 5.91 Å². The minimum Gasteiger partial charge on any atom is -0.378 e. The number of hydrogen-bond donors (Lipinski definition) is 2. The highest BCUT2D eigenvalue weighted by Gasteiger charge is 2.24. The lowest BCUT2D eigenvalue weighted by molar-refractivity contribution is 0.0948. The summed E-state index contributed by atoms with van der Waals surface area (Å²) in [5.41, 5.74) is 10.9. The van der Waals surface area contributed by atoms with Crippen molar-refractivity contribution in [3.63, 3.8) is 0 Å². The molecule has 11 nitrogen and oxygen atoms in total. The molecule has 0 bridgehead atoms. The highest BCUT2D eigenvalue weighted by molar-refractivity contribution is 5.94. The van der Waals surface area contributed by atoms with Crippen molar-refractivity contribution >= 4 is 17.9 Å². The van der Waals surface area contributed by atoms with Crippen LogP contribution in [-0.2, 0) is 6.54 Å². The zero-order chi connectivity index (χ0) is 21.0. The second kappa shape index (κ2) is 8.61. The number of hydrogen-bond acceptors (Lipinski definition) is 9. The summed E-state index contributed by atoms with van der Waals surface area (Å²) < 4.78 is 5.94. The fraction of sp³-hybridized carbons (Fsp3) is 0.333. The molecule has 0 saturated carbocycles. The molecular weight excluding hydrogens is 374 g/mol. The van der Waals surface area contributed by atoms with Gasteiger partial charge in [0, 0.05) is 6.54 Å². The lowest BCUT2D eigenvalue weighted by Crippen LogP contribution is -2.23. The molecule has 0 fully saturated rings. The summed E-state index contributed by atoms with van der Waals surface area (Å²) in [6.07, 6.45) is 1.57. The van der Waals surface area contributed by atoms with E-state index in [9.17, 15) is 4.79 Å². The summed E-state index contributed by atoms with van der Waals surface area (Å²) in [6, 6.07) is 7.95. The van der Waals surface area contributed by atoms with Crippen molar-refractivity contribution in [3.8, 4) is 5.82 Å². The van der Waals surface area contributed by atoms with Gasteiger partial charge in [0.1, 0.15) is 0 Å². The van der Waals surface area contributed by atoms with Gasteiger partial charge in [0.2, 0.25) is 11.6 Å². The Hall–Kier alpha value is -3.60. The number of carbonyl (C=O) groups excluding carboxylic acids is 1. The number of aromatic nitrogens is 5. The van der Waals surface area contributed by atoms with Gasteiger partial charge >= 0.3 is 0 Å². The van der Waals surface area contributed by atoms with Crippen molar-refractivity contribution in [1.82, 2.24) is 35.6 Å². The summed E-state index contributed by atoms with van der Waals surface area (Å²) in [5, 5.41) is 19.2. The van der Waals surface area contributed by atoms with Crippen LogP contribution in [0.4, 0.5) is 5.82 Å². The molecule has 152 valence electrons. The molecule has 0 aliphatic heterocycles. The molecule has 2 heterocycles. The standard InChI is InChI=1S/C18H23N9O2/c1-11(2)13-7-5-12(6-8-13)9-20-22-18(28)15-14(10-26(3)4)27(25-21-15)17-16(19)23-29-24-17/h5-9,11H,10H2,1-4H3,(H2,19,23)(H,22,28). The van der Waals surface area contributed by atoms with Crippen LogP contribution in [0.3, 0.4) is 0 Å². The molecule has 3 N–H and O–H groups in total. The van der Waals surface area contributed by atoms with Crippen LogP contribution in [0, 0.1) is 0 Å². The molecule has 2 aromatic heterocycles. The molecule has 0 radical (unpaired) electrons. The summed E-state index contributed by atoms with van der Waals surface area (Å²) in [5.74, 6) is 0.164. The molecule has 29 heavy (non-hydrogen) atoms. The third-order valence-electron chi connectivity index (χ3n) is 4.12. The van der Waals surface area contributed by atoms with E-state index in [1.54, 1.807) is 6.21 Å². The monoisotopic (exact) mass is 397 g/mol. The lowest BCUT2D eigenvalue weighted by Gasteiger charge is -2.11. The third-order valence-corrected chi connectivity index (χ3v) is 4.12. The number of benzene rings is 1. The SMILES string of the molecule is CC(C)c1ccc(C=NNC(=O)c2nnn(-c3nonc3N)c2CN(C)C)cc1. The molecule has 0 aliphatic rings. The number of nitrogen functional groups attached to an aromatic ring is 1. The van der Waals surface area contributed by atoms with Crippen LogP contribution >= 0.6 is 0 Å². The second-order valence-corrected chi connectivity index (χ2v) is 7.03. The molecule has 3 aromatic rings. The molecular formula is C18H23N9O2. The Morgan fingerprint density at radius 3 is 2.62 bits per heavy atom. The maximum absolute atomic E-state index is 12.6. The number of nitrogens with one attached hydrogen (secondary N) is 1. The van der Waals surface area contributed by atoms with Crippen molar-refractivity contribution in [3.05, 3.63) is 46.8 Å². The van der Waals surface area contributed by atoms with E-state index >= 15 is 0 Å². The van der Waals surface area contributed by atoms with Crippen molar-refractivity contribution in [1.29, 1.82) is 0 Å². The van der Waals surface area contributed by atoms with Gasteiger partial charge in [-0.1, -0.05) is 43.3 Å². The van der Waals surface area contributed by atoms with Gasteiger partial charge in [-0.3, -0.25) is 4.79 Å². The summed E-state index contributed by atoms with van der Waals surface area (Å²) in [6.45, 7) is 4.62. The molecule has 0 saturated heterocycles. The number of nitrogens with zero attached hydrogens (tertiary/aromatic N) is 7. The van der Waals surface area contributed by atoms with E-state index in [1.807, 2.05) is 43.3 Å². The highest BCUT2D eigenvalue weighted by Crippen LogP contribution is 2.17. The molecule has 3 rings (SSSR count). The number of rotatable bonds is 7. The van der Waals surface area contributed by atoms with E-state index < -0.39 is 5.91 Å². The van der Waals surface area contributed by atoms with Crippen molar-refractivity contribution < 1.29 is 9.42 Å². The number of hydrazone groups is 1. The molecule has 0 atom stereocenters. The Balaban J connectivity index is 1.78. The number of anilines is 1. The maximum atomic E-state index is 12.6. The predicted octanol–water partition coefficient (Wildman–Crippen LogP) is 1.18. The Bertz CT molecular complexity index is 1000. The minimum absolute atomic E-state index is 0.0460. The average molecular weight is 397 g/mol. The number of nitrogens with two attached hydrogens (primary N) is 1. The van der Waals surface area contributed by atoms with Gasteiger partial charge in [0.15, 0.2) is 5.69 Å². The Morgan fingerprint density at radius 2 is 2.03 bits per heavy atom. The number of carbonyl (C=O) groups is 1. The first kappa shape index (κ1) is 20.1. The Kier molecular flexibility index (Phi) is 5.98. The van der Waals surface area contributed by atoms with Crippen LogP contribution in [0.2, 0.25) is 0 Å². The third kappa shape index (κ3) is 4.63. The number of amides is 1. The maximum Gasteiger partial charge on any atom is 0.293 e.